The van der Waals surface area contributed by atoms with Crippen molar-refractivity contribution in [2.45, 2.75) is 12.3 Å². The minimum absolute atomic E-state index is 0.0240. The topological polar surface area (TPSA) is 20.3 Å². The summed E-state index contributed by atoms with van der Waals surface area (Å²) in [7, 11) is 0. The van der Waals surface area contributed by atoms with Crippen LogP contribution < -0.4 is 0 Å². The fourth-order valence-corrected chi connectivity index (χ4v) is 2.97. The zero-order valence-corrected chi connectivity index (χ0v) is 13.9. The number of rotatable bonds is 2. The zero-order valence-electron chi connectivity index (χ0n) is 12.3. The molecule has 0 aromatic heterocycles. The van der Waals surface area contributed by atoms with E-state index in [4.69, 9.17) is 0 Å². The van der Waals surface area contributed by atoms with Crippen LogP contribution >= 0.6 is 15.9 Å². The third-order valence-corrected chi connectivity index (χ3v) is 4.55. The van der Waals surface area contributed by atoms with Crippen LogP contribution in [0.5, 0.6) is 0 Å². The molecule has 126 valence electrons. The Morgan fingerprint density at radius 2 is 1.62 bits per heavy atom. The Labute approximate surface area is 144 Å². The number of alkyl halides is 4. The number of carbonyl (C=O) groups is 1. The predicted octanol–water partition coefficient (Wildman–Crippen LogP) is 4.93. The largest absolute Gasteiger partial charge is 0.417 e. The van der Waals surface area contributed by atoms with E-state index in [0.29, 0.717) is 16.7 Å². The van der Waals surface area contributed by atoms with Gasteiger partial charge in [0.25, 0.3) is 5.91 Å². The predicted molar refractivity (Wildman–Crippen MR) is 85.4 cm³/mol. The molecule has 0 radical (unpaired) electrons. The highest BCUT2D eigenvalue weighted by Gasteiger charge is 2.33. The van der Waals surface area contributed by atoms with E-state index in [1.807, 2.05) is 0 Å². The van der Waals surface area contributed by atoms with E-state index in [1.165, 1.54) is 11.0 Å². The molecule has 0 unspecified atom stereocenters. The molecule has 0 atom stereocenters. The lowest BCUT2D eigenvalue weighted by atomic mass is 10.0. The summed E-state index contributed by atoms with van der Waals surface area (Å²) in [5.41, 5.74) is 0.599. The second kappa shape index (κ2) is 6.20. The Kier molecular flexibility index (Phi) is 4.38. The minimum Gasteiger partial charge on any atom is -0.333 e. The molecular formula is C17H12BrF4NO. The van der Waals surface area contributed by atoms with Gasteiger partial charge in [-0.05, 0) is 35.4 Å². The van der Waals surface area contributed by atoms with Gasteiger partial charge in [-0.3, -0.25) is 4.79 Å². The molecule has 1 amide bonds. The van der Waals surface area contributed by atoms with Gasteiger partial charge < -0.3 is 4.90 Å². The van der Waals surface area contributed by atoms with E-state index < -0.39 is 17.9 Å². The molecule has 3 rings (SSSR count). The molecule has 2 nitrogen and oxygen atoms in total. The standard InChI is InChI=1S/C17H12BrF4NO/c18-15-6-5-12(7-14(15)17(20,21)22)10-1-3-11(4-2-10)16(24)23-8-13(19)9-23/h1-7,13H,8-9H2. The molecule has 2 aromatic carbocycles. The van der Waals surface area contributed by atoms with Crippen LogP contribution in [0, 0.1) is 0 Å². The van der Waals surface area contributed by atoms with Crippen LogP contribution in [0.2, 0.25) is 0 Å². The molecule has 0 spiro atoms. The highest BCUT2D eigenvalue weighted by Crippen LogP contribution is 2.37. The second-order valence-electron chi connectivity index (χ2n) is 5.58. The first kappa shape index (κ1) is 17.0. The third-order valence-electron chi connectivity index (χ3n) is 3.86. The van der Waals surface area contributed by atoms with Crippen molar-refractivity contribution in [2.75, 3.05) is 13.1 Å². The quantitative estimate of drug-likeness (QED) is 0.653. The van der Waals surface area contributed by atoms with Crippen LogP contribution in [0.1, 0.15) is 15.9 Å². The Hall–Kier alpha value is -1.89. The number of hydrogen-bond acceptors (Lipinski definition) is 1. The molecule has 1 heterocycles. The lowest BCUT2D eigenvalue weighted by molar-refractivity contribution is -0.138. The minimum atomic E-state index is -4.45. The first-order valence-corrected chi connectivity index (χ1v) is 7.95. The van der Waals surface area contributed by atoms with Crippen molar-refractivity contribution >= 4 is 21.8 Å². The molecule has 1 aliphatic rings. The van der Waals surface area contributed by atoms with Crippen molar-refractivity contribution in [1.29, 1.82) is 0 Å². The molecular weight excluding hydrogens is 390 g/mol. The zero-order chi connectivity index (χ0) is 17.5. The Morgan fingerprint density at radius 1 is 1.04 bits per heavy atom. The number of nitrogens with zero attached hydrogens (tertiary/aromatic N) is 1. The highest BCUT2D eigenvalue weighted by molar-refractivity contribution is 9.10. The summed E-state index contributed by atoms with van der Waals surface area (Å²) in [5.74, 6) is -0.276. The lowest BCUT2D eigenvalue weighted by Gasteiger charge is -2.34. The van der Waals surface area contributed by atoms with Gasteiger partial charge in [0, 0.05) is 10.0 Å². The van der Waals surface area contributed by atoms with E-state index >= 15 is 0 Å². The van der Waals surface area contributed by atoms with Crippen LogP contribution in [-0.2, 0) is 6.18 Å². The molecule has 1 fully saturated rings. The SMILES string of the molecule is O=C(c1ccc(-c2ccc(Br)c(C(F)(F)F)c2)cc1)N1CC(F)C1. The van der Waals surface area contributed by atoms with Gasteiger partial charge in [-0.1, -0.05) is 34.1 Å². The molecule has 24 heavy (non-hydrogen) atoms. The average Bonchev–Trinajstić information content (AvgIpc) is 2.51. The summed E-state index contributed by atoms with van der Waals surface area (Å²) >= 11 is 2.90. The molecule has 0 N–H and O–H groups in total. The lowest BCUT2D eigenvalue weighted by Crippen LogP contribution is -2.51. The van der Waals surface area contributed by atoms with E-state index in [9.17, 15) is 22.4 Å². The number of carbonyl (C=O) groups excluding carboxylic acids is 1. The average molecular weight is 402 g/mol. The van der Waals surface area contributed by atoms with Crippen LogP contribution in [0.25, 0.3) is 11.1 Å². The Bertz CT molecular complexity index is 767. The van der Waals surface area contributed by atoms with Gasteiger partial charge in [0.1, 0.15) is 6.17 Å². The third kappa shape index (κ3) is 3.31. The van der Waals surface area contributed by atoms with Gasteiger partial charge >= 0.3 is 6.18 Å². The number of likely N-dealkylation sites (tertiary alicyclic amines) is 1. The normalized spacial score (nSPS) is 15.3. The molecule has 0 saturated carbocycles. The molecule has 7 heteroatoms. The van der Waals surface area contributed by atoms with Crippen molar-refractivity contribution in [3.8, 4) is 11.1 Å². The smallest absolute Gasteiger partial charge is 0.333 e. The van der Waals surface area contributed by atoms with Crippen molar-refractivity contribution in [2.24, 2.45) is 0 Å². The first-order valence-electron chi connectivity index (χ1n) is 7.16. The molecule has 2 aromatic rings. The summed E-state index contributed by atoms with van der Waals surface area (Å²) in [5, 5.41) is 0. The van der Waals surface area contributed by atoms with E-state index in [-0.39, 0.29) is 23.5 Å². The highest BCUT2D eigenvalue weighted by atomic mass is 79.9. The summed E-state index contributed by atoms with van der Waals surface area (Å²) in [4.78, 5) is 13.4. The Balaban J connectivity index is 1.85. The van der Waals surface area contributed by atoms with Crippen LogP contribution in [0.4, 0.5) is 17.6 Å². The van der Waals surface area contributed by atoms with E-state index in [0.717, 1.165) is 6.07 Å². The number of hydrogen-bond donors (Lipinski definition) is 0. The molecule has 1 aliphatic heterocycles. The summed E-state index contributed by atoms with van der Waals surface area (Å²) in [6, 6.07) is 10.2. The molecule has 0 bridgehead atoms. The maximum Gasteiger partial charge on any atom is 0.417 e. The van der Waals surface area contributed by atoms with Gasteiger partial charge in [0.2, 0.25) is 0 Å². The fraction of sp³-hybridized carbons (Fsp3) is 0.235. The van der Waals surface area contributed by atoms with Crippen molar-refractivity contribution in [3.05, 3.63) is 58.1 Å². The van der Waals surface area contributed by atoms with Crippen LogP contribution in [0.15, 0.2) is 46.9 Å². The van der Waals surface area contributed by atoms with Crippen LogP contribution in [0.3, 0.4) is 0 Å². The van der Waals surface area contributed by atoms with Crippen molar-refractivity contribution < 1.29 is 22.4 Å². The van der Waals surface area contributed by atoms with E-state index in [2.05, 4.69) is 15.9 Å². The van der Waals surface area contributed by atoms with Gasteiger partial charge in [-0.25, -0.2) is 4.39 Å². The van der Waals surface area contributed by atoms with Crippen molar-refractivity contribution in [1.82, 2.24) is 4.90 Å². The number of amides is 1. The van der Waals surface area contributed by atoms with Crippen LogP contribution in [-0.4, -0.2) is 30.1 Å². The first-order chi connectivity index (χ1) is 11.3. The maximum absolute atomic E-state index is 13.0. The van der Waals surface area contributed by atoms with E-state index in [1.54, 1.807) is 30.3 Å². The van der Waals surface area contributed by atoms with Gasteiger partial charge in [0.05, 0.1) is 18.7 Å². The Morgan fingerprint density at radius 3 is 2.17 bits per heavy atom. The van der Waals surface area contributed by atoms with Gasteiger partial charge in [-0.2, -0.15) is 13.2 Å². The van der Waals surface area contributed by atoms with Gasteiger partial charge in [-0.15, -0.1) is 0 Å². The monoisotopic (exact) mass is 401 g/mol. The summed E-state index contributed by atoms with van der Waals surface area (Å²) in [6.45, 7) is 0.171. The second-order valence-corrected chi connectivity index (χ2v) is 6.43. The molecule has 1 saturated heterocycles. The fourth-order valence-electron chi connectivity index (χ4n) is 2.50. The number of benzene rings is 2. The van der Waals surface area contributed by atoms with Crippen molar-refractivity contribution in [3.63, 3.8) is 0 Å². The maximum atomic E-state index is 13.0. The van der Waals surface area contributed by atoms with Gasteiger partial charge in [0.15, 0.2) is 0 Å². The summed E-state index contributed by atoms with van der Waals surface area (Å²) in [6.07, 6.45) is -5.43. The number of halogens is 5. The molecule has 0 aliphatic carbocycles. The summed E-state index contributed by atoms with van der Waals surface area (Å²) < 4.78 is 51.7.